The summed E-state index contributed by atoms with van der Waals surface area (Å²) in [6, 6.07) is 15.2. The van der Waals surface area contributed by atoms with Gasteiger partial charge in [-0.2, -0.15) is 0 Å². The molecule has 0 atom stereocenters. The molecule has 86 valence electrons. The molecule has 0 heterocycles. The molecule has 0 saturated heterocycles. The Bertz CT molecular complexity index is 446. The summed E-state index contributed by atoms with van der Waals surface area (Å²) in [5.74, 6) is 0. The Balaban J connectivity index is 0.00000128. The Morgan fingerprint density at radius 2 is 1.62 bits per heavy atom. The molecule has 16 heavy (non-hydrogen) atoms. The molecule has 1 nitrogen and oxygen atoms in total. The van der Waals surface area contributed by atoms with Gasteiger partial charge in [-0.15, -0.1) is 0 Å². The highest BCUT2D eigenvalue weighted by atomic mass is 35.5. The molecule has 0 radical (unpaired) electrons. The predicted octanol–water partition coefficient (Wildman–Crippen LogP) is -1.47. The van der Waals surface area contributed by atoms with Gasteiger partial charge in [-0.1, -0.05) is 42.5 Å². The van der Waals surface area contributed by atoms with Crippen molar-refractivity contribution in [2.24, 2.45) is 0 Å². The summed E-state index contributed by atoms with van der Waals surface area (Å²) in [4.78, 5) is 1.50. The van der Waals surface area contributed by atoms with Gasteiger partial charge in [-0.3, -0.25) is 0 Å². The molecule has 2 heteroatoms. The highest BCUT2D eigenvalue weighted by Gasteiger charge is 2.01. The fourth-order valence-corrected chi connectivity index (χ4v) is 1.90. The topological polar surface area (TPSA) is 4.44 Å². The number of hydrogen-bond donors (Lipinski definition) is 1. The van der Waals surface area contributed by atoms with Crippen LogP contribution in [0.4, 0.5) is 0 Å². The molecule has 0 unspecified atom stereocenters. The molecule has 2 rings (SSSR count). The molecule has 0 fully saturated rings. The molecule has 2 aromatic rings. The van der Waals surface area contributed by atoms with E-state index in [0.717, 1.165) is 6.42 Å². The number of fused-ring (bicyclic) bond motifs is 1. The molecule has 0 spiro atoms. The minimum Gasteiger partial charge on any atom is -1.00 e. The quantitative estimate of drug-likeness (QED) is 0.663. The van der Waals surface area contributed by atoms with Crippen LogP contribution in [-0.4, -0.2) is 20.6 Å². The van der Waals surface area contributed by atoms with Crippen molar-refractivity contribution in [3.8, 4) is 0 Å². The van der Waals surface area contributed by atoms with Crippen LogP contribution in [0.2, 0.25) is 0 Å². The van der Waals surface area contributed by atoms with Crippen molar-refractivity contribution in [3.05, 3.63) is 48.0 Å². The largest absolute Gasteiger partial charge is 1.00 e. The first-order chi connectivity index (χ1) is 7.27. The van der Waals surface area contributed by atoms with Crippen LogP contribution in [0, 0.1) is 0 Å². The molecule has 0 amide bonds. The second kappa shape index (κ2) is 5.88. The summed E-state index contributed by atoms with van der Waals surface area (Å²) in [5.41, 5.74) is 1.47. The minimum absolute atomic E-state index is 0. The Kier molecular flexibility index (Phi) is 4.78. The Morgan fingerprint density at radius 3 is 2.38 bits per heavy atom. The van der Waals surface area contributed by atoms with Gasteiger partial charge in [0.25, 0.3) is 0 Å². The van der Waals surface area contributed by atoms with Gasteiger partial charge < -0.3 is 17.3 Å². The van der Waals surface area contributed by atoms with E-state index in [1.807, 2.05) is 0 Å². The Morgan fingerprint density at radius 1 is 0.938 bits per heavy atom. The van der Waals surface area contributed by atoms with Gasteiger partial charge in [-0.05, 0) is 16.3 Å². The SMILES string of the molecule is C[NH+](C)CCc1cccc2ccccc12.[Cl-]. The number of nitrogens with one attached hydrogen (secondary N) is 1. The van der Waals surface area contributed by atoms with Gasteiger partial charge in [0.05, 0.1) is 20.6 Å². The monoisotopic (exact) mass is 235 g/mol. The summed E-state index contributed by atoms with van der Waals surface area (Å²) in [6.45, 7) is 1.19. The lowest BCUT2D eigenvalue weighted by molar-refractivity contribution is -0.858. The van der Waals surface area contributed by atoms with Gasteiger partial charge in [-0.25, -0.2) is 0 Å². The van der Waals surface area contributed by atoms with E-state index >= 15 is 0 Å². The minimum atomic E-state index is 0. The number of hydrogen-bond acceptors (Lipinski definition) is 0. The number of benzene rings is 2. The van der Waals surface area contributed by atoms with Gasteiger partial charge in [0, 0.05) is 6.42 Å². The lowest BCUT2D eigenvalue weighted by atomic mass is 10.0. The van der Waals surface area contributed by atoms with Gasteiger partial charge in [0.2, 0.25) is 0 Å². The Hall–Kier alpha value is -1.05. The second-order valence-electron chi connectivity index (χ2n) is 4.35. The molecule has 0 bridgehead atoms. The summed E-state index contributed by atoms with van der Waals surface area (Å²) < 4.78 is 0. The van der Waals surface area contributed by atoms with Crippen molar-refractivity contribution in [2.75, 3.05) is 20.6 Å². The third-order valence-corrected chi connectivity index (χ3v) is 2.77. The van der Waals surface area contributed by atoms with Crippen LogP contribution in [0.3, 0.4) is 0 Å². The van der Waals surface area contributed by atoms with Crippen LogP contribution in [0.1, 0.15) is 5.56 Å². The van der Waals surface area contributed by atoms with E-state index in [4.69, 9.17) is 0 Å². The number of rotatable bonds is 3. The van der Waals surface area contributed by atoms with E-state index < -0.39 is 0 Å². The van der Waals surface area contributed by atoms with Crippen molar-refractivity contribution in [1.29, 1.82) is 0 Å². The van der Waals surface area contributed by atoms with Crippen LogP contribution in [0.25, 0.3) is 10.8 Å². The van der Waals surface area contributed by atoms with Crippen molar-refractivity contribution in [2.45, 2.75) is 6.42 Å². The maximum Gasteiger partial charge on any atom is 0.0808 e. The maximum atomic E-state index is 2.24. The molecule has 0 aliphatic carbocycles. The molecule has 0 aliphatic rings. The fraction of sp³-hybridized carbons (Fsp3) is 0.286. The molecular weight excluding hydrogens is 218 g/mol. The van der Waals surface area contributed by atoms with E-state index in [9.17, 15) is 0 Å². The maximum absolute atomic E-state index is 2.24. The lowest BCUT2D eigenvalue weighted by Crippen LogP contribution is -3.05. The predicted molar refractivity (Wildman–Crippen MR) is 65.3 cm³/mol. The number of halogens is 1. The zero-order valence-corrected chi connectivity index (χ0v) is 10.6. The van der Waals surface area contributed by atoms with Gasteiger partial charge in [0.1, 0.15) is 0 Å². The smallest absolute Gasteiger partial charge is 0.0808 e. The van der Waals surface area contributed by atoms with Gasteiger partial charge in [0.15, 0.2) is 0 Å². The average molecular weight is 236 g/mol. The van der Waals surface area contributed by atoms with Crippen LogP contribution in [0.5, 0.6) is 0 Å². The van der Waals surface area contributed by atoms with Crippen LogP contribution in [-0.2, 0) is 6.42 Å². The van der Waals surface area contributed by atoms with E-state index in [-0.39, 0.29) is 12.4 Å². The Labute approximate surface area is 103 Å². The zero-order chi connectivity index (χ0) is 10.7. The number of likely N-dealkylation sites (N-methyl/N-ethyl adjacent to an activating group) is 1. The van der Waals surface area contributed by atoms with E-state index in [1.165, 1.54) is 27.8 Å². The molecule has 0 aliphatic heterocycles. The van der Waals surface area contributed by atoms with Gasteiger partial charge >= 0.3 is 0 Å². The van der Waals surface area contributed by atoms with Crippen LogP contribution < -0.4 is 17.3 Å². The highest BCUT2D eigenvalue weighted by Crippen LogP contribution is 2.18. The van der Waals surface area contributed by atoms with Crippen molar-refractivity contribution in [3.63, 3.8) is 0 Å². The fourth-order valence-electron chi connectivity index (χ4n) is 1.90. The molecule has 2 aromatic carbocycles. The van der Waals surface area contributed by atoms with E-state index in [1.54, 1.807) is 0 Å². The third kappa shape index (κ3) is 2.97. The second-order valence-corrected chi connectivity index (χ2v) is 4.35. The molecule has 1 N–H and O–H groups in total. The lowest BCUT2D eigenvalue weighted by Gasteiger charge is -2.09. The van der Waals surface area contributed by atoms with Crippen molar-refractivity contribution in [1.82, 2.24) is 0 Å². The first kappa shape index (κ1) is 13.0. The van der Waals surface area contributed by atoms with Crippen molar-refractivity contribution < 1.29 is 17.3 Å². The zero-order valence-electron chi connectivity index (χ0n) is 9.83. The summed E-state index contributed by atoms with van der Waals surface area (Å²) in [7, 11) is 4.40. The summed E-state index contributed by atoms with van der Waals surface area (Å²) in [6.07, 6.45) is 1.16. The molecule has 0 saturated carbocycles. The molecule has 0 aromatic heterocycles. The van der Waals surface area contributed by atoms with Crippen LogP contribution in [0.15, 0.2) is 42.5 Å². The number of quaternary nitrogens is 1. The standard InChI is InChI=1S/C14H17N.ClH/c1-15(2)11-10-13-8-5-7-12-6-3-4-9-14(12)13;/h3-9H,10-11H2,1-2H3;1H. The van der Waals surface area contributed by atoms with Crippen LogP contribution >= 0.6 is 0 Å². The highest BCUT2D eigenvalue weighted by molar-refractivity contribution is 5.85. The molecular formula is C14H18ClN. The average Bonchev–Trinajstić information content (AvgIpc) is 2.26. The summed E-state index contributed by atoms with van der Waals surface area (Å²) in [5, 5.41) is 2.75. The van der Waals surface area contributed by atoms with Crippen molar-refractivity contribution >= 4 is 10.8 Å². The van der Waals surface area contributed by atoms with E-state index in [0.29, 0.717) is 0 Å². The summed E-state index contributed by atoms with van der Waals surface area (Å²) >= 11 is 0. The normalized spacial score (nSPS) is 10.4. The third-order valence-electron chi connectivity index (χ3n) is 2.77. The van der Waals surface area contributed by atoms with E-state index in [2.05, 4.69) is 56.6 Å². The first-order valence-electron chi connectivity index (χ1n) is 5.53. The first-order valence-corrected chi connectivity index (χ1v) is 5.53.